The molecule has 3 rings (SSSR count). The maximum atomic E-state index is 11.4. The molecule has 0 aliphatic carbocycles. The van der Waals surface area contributed by atoms with Crippen LogP contribution in [0.2, 0.25) is 5.02 Å². The lowest BCUT2D eigenvalue weighted by molar-refractivity contribution is 0.307. The Balaban J connectivity index is 1.90. The van der Waals surface area contributed by atoms with E-state index in [0.717, 1.165) is 27.0 Å². The fourth-order valence-corrected chi connectivity index (χ4v) is 3.89. The van der Waals surface area contributed by atoms with E-state index in [1.807, 2.05) is 0 Å². The minimum absolute atomic E-state index is 0.114. The highest BCUT2D eigenvalue weighted by atomic mass is 35.5. The van der Waals surface area contributed by atoms with Gasteiger partial charge in [0.25, 0.3) is 0 Å². The lowest BCUT2D eigenvalue weighted by Gasteiger charge is -2.06. The molecule has 0 saturated heterocycles. The van der Waals surface area contributed by atoms with Gasteiger partial charge < -0.3 is 4.74 Å². The zero-order chi connectivity index (χ0) is 15.7. The van der Waals surface area contributed by atoms with Crippen molar-refractivity contribution in [2.24, 2.45) is 5.14 Å². The van der Waals surface area contributed by atoms with Crippen LogP contribution >= 0.6 is 22.9 Å². The molecule has 0 amide bonds. The molecule has 0 fully saturated rings. The van der Waals surface area contributed by atoms with Crippen molar-refractivity contribution in [2.75, 3.05) is 0 Å². The molecule has 0 radical (unpaired) electrons. The molecule has 0 saturated carbocycles. The van der Waals surface area contributed by atoms with Gasteiger partial charge >= 0.3 is 0 Å². The van der Waals surface area contributed by atoms with Gasteiger partial charge in [0.05, 0.1) is 4.70 Å². The van der Waals surface area contributed by atoms with Gasteiger partial charge in [0.2, 0.25) is 10.0 Å². The predicted molar refractivity (Wildman–Crippen MR) is 86.8 cm³/mol. The van der Waals surface area contributed by atoms with Crippen molar-refractivity contribution in [3.05, 3.63) is 53.3 Å². The van der Waals surface area contributed by atoms with E-state index in [4.69, 9.17) is 21.5 Å². The number of aromatic nitrogens is 1. The highest BCUT2D eigenvalue weighted by Crippen LogP contribution is 2.30. The summed E-state index contributed by atoms with van der Waals surface area (Å²) in [6.07, 6.45) is 3.26. The summed E-state index contributed by atoms with van der Waals surface area (Å²) in [5, 5.41) is 6.58. The summed E-state index contributed by atoms with van der Waals surface area (Å²) in [5.41, 5.74) is 0.790. The van der Waals surface area contributed by atoms with Crippen molar-refractivity contribution >= 4 is 43.0 Å². The smallest absolute Gasteiger partial charge is 0.247 e. The van der Waals surface area contributed by atoms with Crippen molar-refractivity contribution < 1.29 is 13.2 Å². The van der Waals surface area contributed by atoms with E-state index < -0.39 is 10.0 Å². The topological polar surface area (TPSA) is 82.3 Å². The quantitative estimate of drug-likeness (QED) is 0.780. The molecule has 2 N–H and O–H groups in total. The fraction of sp³-hybridized carbons (Fsp3) is 0.0714. The van der Waals surface area contributed by atoms with Crippen LogP contribution in [0.25, 0.3) is 10.1 Å². The number of halogens is 1. The van der Waals surface area contributed by atoms with Crippen LogP contribution in [0.5, 0.6) is 5.75 Å². The van der Waals surface area contributed by atoms with Crippen molar-refractivity contribution in [3.8, 4) is 5.75 Å². The van der Waals surface area contributed by atoms with E-state index in [1.54, 1.807) is 42.7 Å². The Morgan fingerprint density at radius 3 is 2.64 bits per heavy atom. The molecule has 1 aromatic carbocycles. The first-order valence-electron chi connectivity index (χ1n) is 6.21. The molecule has 0 atom stereocenters. The second-order valence-electron chi connectivity index (χ2n) is 4.56. The number of hydrogen-bond acceptors (Lipinski definition) is 5. The Hall–Kier alpha value is -1.67. The van der Waals surface area contributed by atoms with Crippen LogP contribution < -0.4 is 9.88 Å². The number of primary sulfonamides is 1. The summed E-state index contributed by atoms with van der Waals surface area (Å²) < 4.78 is 29.4. The molecule has 0 bridgehead atoms. The Kier molecular flexibility index (Phi) is 4.05. The first kappa shape index (κ1) is 15.2. The second-order valence-corrected chi connectivity index (χ2v) is 7.87. The molecule has 0 spiro atoms. The number of nitrogens with two attached hydrogens (primary N) is 1. The van der Waals surface area contributed by atoms with Crippen LogP contribution in [0.15, 0.2) is 46.9 Å². The average molecular weight is 355 g/mol. The first-order valence-corrected chi connectivity index (χ1v) is 8.95. The number of fused-ring (bicyclic) bond motifs is 1. The summed E-state index contributed by atoms with van der Waals surface area (Å²) in [5.74, 6) is 0.670. The number of pyridine rings is 1. The van der Waals surface area contributed by atoms with Gasteiger partial charge in [0.15, 0.2) is 0 Å². The van der Waals surface area contributed by atoms with E-state index in [2.05, 4.69) is 4.98 Å². The number of nitrogens with zero attached hydrogens (tertiary/aromatic N) is 1. The number of rotatable bonds is 4. The van der Waals surface area contributed by atoms with Crippen LogP contribution in [0.3, 0.4) is 0 Å². The molecule has 0 aliphatic heterocycles. The summed E-state index contributed by atoms with van der Waals surface area (Å²) >= 11 is 6.91. The summed E-state index contributed by atoms with van der Waals surface area (Å²) in [6, 6.07) is 8.55. The lowest BCUT2D eigenvalue weighted by atomic mass is 10.2. The van der Waals surface area contributed by atoms with Crippen molar-refractivity contribution in [1.82, 2.24) is 4.98 Å². The normalized spacial score (nSPS) is 11.7. The molecule has 114 valence electrons. The third kappa shape index (κ3) is 3.22. The summed E-state index contributed by atoms with van der Waals surface area (Å²) in [6.45, 7) is 0.271. The molecule has 0 unspecified atom stereocenters. The minimum atomic E-state index is -3.72. The number of thiophene rings is 1. The zero-order valence-electron chi connectivity index (χ0n) is 11.2. The fourth-order valence-electron chi connectivity index (χ4n) is 1.94. The Labute approximate surface area is 136 Å². The van der Waals surface area contributed by atoms with Crippen LogP contribution in [0, 0.1) is 0 Å². The van der Waals surface area contributed by atoms with Gasteiger partial charge in [0, 0.05) is 28.4 Å². The zero-order valence-corrected chi connectivity index (χ0v) is 13.6. The van der Waals surface area contributed by atoms with Crippen molar-refractivity contribution in [2.45, 2.75) is 10.8 Å². The van der Waals surface area contributed by atoms with Gasteiger partial charge in [-0.2, -0.15) is 0 Å². The summed E-state index contributed by atoms with van der Waals surface area (Å²) in [7, 11) is -3.72. The number of benzene rings is 1. The molecular formula is C14H11ClN2O3S2. The summed E-state index contributed by atoms with van der Waals surface area (Å²) in [4.78, 5) is 4.11. The first-order chi connectivity index (χ1) is 10.4. The highest BCUT2D eigenvalue weighted by Gasteiger charge is 2.14. The Bertz CT molecular complexity index is 921. The average Bonchev–Trinajstić information content (AvgIpc) is 2.91. The molecule has 2 aromatic heterocycles. The predicted octanol–water partition coefficient (Wildman–Crippen LogP) is 3.18. The van der Waals surface area contributed by atoms with Gasteiger partial charge in [0.1, 0.15) is 16.6 Å². The monoisotopic (exact) mass is 354 g/mol. The van der Waals surface area contributed by atoms with Crippen LogP contribution in [0.1, 0.15) is 5.56 Å². The molecule has 0 aliphatic rings. The molecule has 5 nitrogen and oxygen atoms in total. The molecule has 8 heteroatoms. The van der Waals surface area contributed by atoms with E-state index in [-0.39, 0.29) is 10.8 Å². The highest BCUT2D eigenvalue weighted by molar-refractivity contribution is 7.91. The van der Waals surface area contributed by atoms with Crippen LogP contribution in [-0.4, -0.2) is 13.4 Å². The Morgan fingerprint density at radius 2 is 1.95 bits per heavy atom. The maximum absolute atomic E-state index is 11.4. The SMILES string of the molecule is NS(=O)(=O)c1cc2c(COc3ccc(Cl)cc3)cncc2s1. The van der Waals surface area contributed by atoms with Gasteiger partial charge in [-0.05, 0) is 30.3 Å². The van der Waals surface area contributed by atoms with E-state index in [0.29, 0.717) is 10.8 Å². The molecular weight excluding hydrogens is 344 g/mol. The molecule has 2 heterocycles. The van der Waals surface area contributed by atoms with Crippen LogP contribution in [-0.2, 0) is 16.6 Å². The third-order valence-electron chi connectivity index (χ3n) is 2.99. The van der Waals surface area contributed by atoms with Gasteiger partial charge in [-0.25, -0.2) is 13.6 Å². The van der Waals surface area contributed by atoms with Crippen molar-refractivity contribution in [1.29, 1.82) is 0 Å². The van der Waals surface area contributed by atoms with Crippen LogP contribution in [0.4, 0.5) is 0 Å². The van der Waals surface area contributed by atoms with Crippen molar-refractivity contribution in [3.63, 3.8) is 0 Å². The molecule has 3 aromatic rings. The van der Waals surface area contributed by atoms with E-state index in [9.17, 15) is 8.42 Å². The standard InChI is InChI=1S/C14H11ClN2O3S2/c15-10-1-3-11(4-2-10)20-8-9-6-17-7-13-12(9)5-14(21-13)22(16,18)19/h1-7H,8H2,(H2,16,18,19). The van der Waals surface area contributed by atoms with Gasteiger partial charge in [-0.15, -0.1) is 11.3 Å². The third-order valence-corrected chi connectivity index (χ3v) is 5.74. The molecule has 22 heavy (non-hydrogen) atoms. The van der Waals surface area contributed by atoms with Gasteiger partial charge in [-0.1, -0.05) is 11.6 Å². The lowest BCUT2D eigenvalue weighted by Crippen LogP contribution is -2.09. The minimum Gasteiger partial charge on any atom is -0.489 e. The number of sulfonamides is 1. The Morgan fingerprint density at radius 1 is 1.23 bits per heavy atom. The number of hydrogen-bond donors (Lipinski definition) is 1. The van der Waals surface area contributed by atoms with Gasteiger partial charge in [-0.3, -0.25) is 4.98 Å². The maximum Gasteiger partial charge on any atom is 0.247 e. The largest absolute Gasteiger partial charge is 0.489 e. The van der Waals surface area contributed by atoms with E-state index >= 15 is 0 Å². The second kappa shape index (κ2) is 5.85. The van der Waals surface area contributed by atoms with E-state index in [1.165, 1.54) is 0 Å². The number of ether oxygens (including phenoxy) is 1.